The van der Waals surface area contributed by atoms with Crippen LogP contribution in [0.3, 0.4) is 0 Å². The molecule has 6 nitrogen and oxygen atoms in total. The molecule has 116 valence electrons. The van der Waals surface area contributed by atoms with Gasteiger partial charge in [-0.25, -0.2) is 10.3 Å². The van der Waals surface area contributed by atoms with E-state index in [0.717, 1.165) is 5.56 Å². The Morgan fingerprint density at radius 3 is 2.38 bits per heavy atom. The Labute approximate surface area is 125 Å². The molecule has 6 heteroatoms. The molecule has 0 aliphatic rings. The Morgan fingerprint density at radius 1 is 1.19 bits per heavy atom. The summed E-state index contributed by atoms with van der Waals surface area (Å²) < 4.78 is 0. The fourth-order valence-corrected chi connectivity index (χ4v) is 1.53. The fourth-order valence-electron chi connectivity index (χ4n) is 1.53. The summed E-state index contributed by atoms with van der Waals surface area (Å²) >= 11 is 0. The molecule has 0 bridgehead atoms. The van der Waals surface area contributed by atoms with Crippen LogP contribution in [0.1, 0.15) is 33.3 Å². The van der Waals surface area contributed by atoms with E-state index >= 15 is 0 Å². The van der Waals surface area contributed by atoms with Crippen molar-refractivity contribution >= 4 is 11.9 Å². The quantitative estimate of drug-likeness (QED) is 0.723. The molecule has 1 unspecified atom stereocenters. The monoisotopic (exact) mass is 293 g/mol. The van der Waals surface area contributed by atoms with Crippen LogP contribution >= 0.6 is 0 Å². The Kier molecular flexibility index (Phi) is 6.17. The highest BCUT2D eigenvalue weighted by Crippen LogP contribution is 2.00. The number of amides is 3. The third-order valence-corrected chi connectivity index (χ3v) is 2.49. The lowest BCUT2D eigenvalue weighted by atomic mass is 10.1. The molecule has 0 saturated carbocycles. The summed E-state index contributed by atoms with van der Waals surface area (Å²) in [6, 6.07) is 8.25. The normalized spacial score (nSPS) is 12.4. The van der Waals surface area contributed by atoms with Crippen molar-refractivity contribution in [2.75, 3.05) is 0 Å². The Morgan fingerprint density at radius 2 is 1.81 bits per heavy atom. The first-order valence-corrected chi connectivity index (χ1v) is 6.82. The predicted molar refractivity (Wildman–Crippen MR) is 80.3 cm³/mol. The van der Waals surface area contributed by atoms with Gasteiger partial charge in [-0.1, -0.05) is 30.3 Å². The fraction of sp³-hybridized carbons (Fsp3) is 0.467. The highest BCUT2D eigenvalue weighted by Gasteiger charge is 2.20. The third kappa shape index (κ3) is 7.31. The summed E-state index contributed by atoms with van der Waals surface area (Å²) in [6.45, 7) is 7.50. The molecule has 3 amide bonds. The van der Waals surface area contributed by atoms with Crippen molar-refractivity contribution in [2.45, 2.75) is 45.9 Å². The minimum atomic E-state index is -0.649. The number of carbonyl (C=O) groups excluding carboxylic acids is 2. The summed E-state index contributed by atoms with van der Waals surface area (Å²) in [5.74, 6) is -0.249. The summed E-state index contributed by atoms with van der Waals surface area (Å²) in [7, 11) is 0. The summed E-state index contributed by atoms with van der Waals surface area (Å²) in [5, 5.41) is 5.29. The molecule has 1 aromatic carbocycles. The van der Waals surface area contributed by atoms with E-state index in [4.69, 9.17) is 4.84 Å². The van der Waals surface area contributed by atoms with Crippen molar-refractivity contribution in [2.24, 2.45) is 0 Å². The number of nitrogens with one attached hydrogen (secondary N) is 3. The van der Waals surface area contributed by atoms with E-state index in [-0.39, 0.29) is 18.1 Å². The smallest absolute Gasteiger partial charge is 0.339 e. The minimum Gasteiger partial charge on any atom is -0.350 e. The highest BCUT2D eigenvalue weighted by atomic mass is 16.7. The van der Waals surface area contributed by atoms with E-state index in [1.165, 1.54) is 0 Å². The summed E-state index contributed by atoms with van der Waals surface area (Å²) in [6.07, 6.45) is 0. The average molecular weight is 293 g/mol. The minimum absolute atomic E-state index is 0.249. The molecule has 0 aliphatic heterocycles. The van der Waals surface area contributed by atoms with Gasteiger partial charge >= 0.3 is 6.03 Å². The molecule has 0 spiro atoms. The maximum atomic E-state index is 11.8. The zero-order valence-electron chi connectivity index (χ0n) is 12.9. The molecule has 21 heavy (non-hydrogen) atoms. The zero-order chi connectivity index (χ0) is 15.9. The van der Waals surface area contributed by atoms with Crippen LogP contribution in [0, 0.1) is 0 Å². The zero-order valence-corrected chi connectivity index (χ0v) is 12.9. The van der Waals surface area contributed by atoms with E-state index in [1.807, 2.05) is 51.1 Å². The molecule has 0 saturated heterocycles. The number of benzene rings is 1. The second kappa shape index (κ2) is 7.64. The van der Waals surface area contributed by atoms with Gasteiger partial charge in [-0.15, -0.1) is 0 Å². The second-order valence-corrected chi connectivity index (χ2v) is 5.81. The van der Waals surface area contributed by atoms with Crippen LogP contribution in [-0.4, -0.2) is 23.5 Å². The lowest BCUT2D eigenvalue weighted by Crippen LogP contribution is -2.52. The number of hydrogen-bond donors (Lipinski definition) is 3. The van der Waals surface area contributed by atoms with Crippen molar-refractivity contribution < 1.29 is 14.4 Å². The van der Waals surface area contributed by atoms with E-state index in [9.17, 15) is 9.59 Å². The van der Waals surface area contributed by atoms with Gasteiger partial charge in [-0.05, 0) is 33.3 Å². The molecular formula is C15H23N3O3. The molecule has 0 fully saturated rings. The number of urea groups is 1. The molecule has 0 aliphatic carbocycles. The lowest BCUT2D eigenvalue weighted by molar-refractivity contribution is -0.124. The molecule has 0 aromatic heterocycles. The van der Waals surface area contributed by atoms with Crippen LogP contribution in [0.4, 0.5) is 4.79 Å². The molecule has 0 heterocycles. The first-order chi connectivity index (χ1) is 9.78. The molecule has 3 N–H and O–H groups in total. The van der Waals surface area contributed by atoms with Crippen LogP contribution in [0.5, 0.6) is 0 Å². The van der Waals surface area contributed by atoms with Crippen LogP contribution in [-0.2, 0) is 16.2 Å². The Balaban J connectivity index is 2.28. The highest BCUT2D eigenvalue weighted by molar-refractivity contribution is 5.86. The van der Waals surface area contributed by atoms with Gasteiger partial charge in [-0.2, -0.15) is 0 Å². The van der Waals surface area contributed by atoms with Crippen LogP contribution in [0.25, 0.3) is 0 Å². The van der Waals surface area contributed by atoms with Gasteiger partial charge in [0.2, 0.25) is 5.91 Å². The van der Waals surface area contributed by atoms with Gasteiger partial charge in [0.05, 0.1) is 6.61 Å². The predicted octanol–water partition coefficient (Wildman–Crippen LogP) is 1.72. The number of carbonyl (C=O) groups is 2. The third-order valence-electron chi connectivity index (χ3n) is 2.49. The Hall–Kier alpha value is -2.08. The van der Waals surface area contributed by atoms with E-state index in [0.29, 0.717) is 0 Å². The number of hydrogen-bond acceptors (Lipinski definition) is 3. The van der Waals surface area contributed by atoms with Gasteiger partial charge in [0, 0.05) is 5.54 Å². The number of hydroxylamine groups is 1. The molecular weight excluding hydrogens is 270 g/mol. The van der Waals surface area contributed by atoms with Gasteiger partial charge in [0.15, 0.2) is 0 Å². The Bertz CT molecular complexity index is 469. The second-order valence-electron chi connectivity index (χ2n) is 5.81. The van der Waals surface area contributed by atoms with Crippen molar-refractivity contribution in [3.8, 4) is 0 Å². The van der Waals surface area contributed by atoms with Gasteiger partial charge in [0.1, 0.15) is 6.04 Å². The summed E-state index contributed by atoms with van der Waals surface area (Å²) in [4.78, 5) is 28.5. The van der Waals surface area contributed by atoms with Crippen LogP contribution in [0.2, 0.25) is 0 Å². The summed E-state index contributed by atoms with van der Waals surface area (Å²) in [5.41, 5.74) is 2.85. The van der Waals surface area contributed by atoms with Crippen molar-refractivity contribution in [3.05, 3.63) is 35.9 Å². The maximum absolute atomic E-state index is 11.8. The van der Waals surface area contributed by atoms with Crippen molar-refractivity contribution in [1.29, 1.82) is 0 Å². The topological polar surface area (TPSA) is 79.5 Å². The van der Waals surface area contributed by atoms with E-state index < -0.39 is 12.1 Å². The molecule has 1 aromatic rings. The van der Waals surface area contributed by atoms with E-state index in [1.54, 1.807) is 6.92 Å². The number of rotatable bonds is 5. The molecule has 0 radical (unpaired) electrons. The van der Waals surface area contributed by atoms with Crippen molar-refractivity contribution in [1.82, 2.24) is 16.1 Å². The van der Waals surface area contributed by atoms with Crippen molar-refractivity contribution in [3.63, 3.8) is 0 Å². The average Bonchev–Trinajstić information content (AvgIpc) is 2.37. The van der Waals surface area contributed by atoms with Gasteiger partial charge < -0.3 is 10.6 Å². The lowest BCUT2D eigenvalue weighted by Gasteiger charge is -2.23. The SMILES string of the molecule is CC(NC(=O)NOCc1ccccc1)C(=O)NC(C)(C)C. The van der Waals surface area contributed by atoms with E-state index in [2.05, 4.69) is 16.1 Å². The van der Waals surface area contributed by atoms with Gasteiger partial charge in [-0.3, -0.25) is 9.63 Å². The first-order valence-electron chi connectivity index (χ1n) is 6.82. The first kappa shape index (κ1) is 17.0. The van der Waals surface area contributed by atoms with Crippen LogP contribution in [0.15, 0.2) is 30.3 Å². The molecule has 1 rings (SSSR count). The van der Waals surface area contributed by atoms with Crippen LogP contribution < -0.4 is 16.1 Å². The standard InChI is InChI=1S/C15H23N3O3/c1-11(13(19)17-15(2,3)4)16-14(20)18-21-10-12-8-6-5-7-9-12/h5-9,11H,10H2,1-4H3,(H,17,19)(H2,16,18,20). The maximum Gasteiger partial charge on any atom is 0.339 e. The molecule has 1 atom stereocenters. The van der Waals surface area contributed by atoms with Gasteiger partial charge in [0.25, 0.3) is 0 Å². The largest absolute Gasteiger partial charge is 0.350 e.